The minimum absolute atomic E-state index is 0.0256. The second-order valence-electron chi connectivity index (χ2n) is 7.43. The molecular formula is C19H15ClF2N4OS. The van der Waals surface area contributed by atoms with Crippen molar-refractivity contribution in [2.75, 3.05) is 0 Å². The van der Waals surface area contributed by atoms with E-state index in [2.05, 4.69) is 4.98 Å². The Hall–Kier alpha value is -2.32. The molecule has 5 rings (SSSR count). The highest BCUT2D eigenvalue weighted by atomic mass is 35.5. The van der Waals surface area contributed by atoms with Crippen LogP contribution < -0.4 is 0 Å². The Morgan fingerprint density at radius 2 is 2.21 bits per heavy atom. The molecule has 0 amide bonds. The molecule has 0 unspecified atom stereocenters. The highest BCUT2D eigenvalue weighted by molar-refractivity contribution is 7.71. The summed E-state index contributed by atoms with van der Waals surface area (Å²) < 4.78 is 34.9. The molecule has 9 heteroatoms. The number of rotatable bonds is 3. The number of benzene rings is 1. The lowest BCUT2D eigenvalue weighted by molar-refractivity contribution is 0.0911. The molecule has 3 heterocycles. The minimum Gasteiger partial charge on any atom is -0.323 e. The summed E-state index contributed by atoms with van der Waals surface area (Å²) in [4.78, 5) is 16.5. The molecule has 2 aromatic heterocycles. The average molecular weight is 421 g/mol. The second kappa shape index (κ2) is 5.84. The van der Waals surface area contributed by atoms with Gasteiger partial charge in [-0.25, -0.2) is 13.8 Å². The first-order valence-corrected chi connectivity index (χ1v) is 9.57. The molecule has 1 fully saturated rings. The molecular weight excluding hydrogens is 406 g/mol. The van der Waals surface area contributed by atoms with E-state index in [4.69, 9.17) is 23.8 Å². The molecule has 0 N–H and O–H groups in total. The third-order valence-corrected chi connectivity index (χ3v) is 6.79. The zero-order valence-corrected chi connectivity index (χ0v) is 16.4. The van der Waals surface area contributed by atoms with Gasteiger partial charge in [0, 0.05) is 54.3 Å². The van der Waals surface area contributed by atoms with Crippen molar-refractivity contribution in [3.05, 3.63) is 69.2 Å². The van der Waals surface area contributed by atoms with Gasteiger partial charge in [-0.2, -0.15) is 0 Å². The summed E-state index contributed by atoms with van der Waals surface area (Å²) in [5, 5.41) is -0.0901. The van der Waals surface area contributed by atoms with Crippen molar-refractivity contribution in [2.45, 2.75) is 30.7 Å². The van der Waals surface area contributed by atoms with Gasteiger partial charge in [0.2, 0.25) is 5.91 Å². The molecule has 0 spiro atoms. The molecule has 5 nitrogen and oxygen atoms in total. The Labute approximate surface area is 169 Å². The van der Waals surface area contributed by atoms with Crippen LogP contribution in [-0.4, -0.2) is 24.6 Å². The van der Waals surface area contributed by atoms with Gasteiger partial charge in [0.05, 0.1) is 11.4 Å². The van der Waals surface area contributed by atoms with Gasteiger partial charge in [0.15, 0.2) is 4.77 Å². The van der Waals surface area contributed by atoms with E-state index in [1.54, 1.807) is 6.20 Å². The topological polar surface area (TPSA) is 44.8 Å². The van der Waals surface area contributed by atoms with E-state index in [9.17, 15) is 13.6 Å². The molecule has 1 aliphatic carbocycles. The maximum atomic E-state index is 14.7. The van der Waals surface area contributed by atoms with Gasteiger partial charge in [-0.05, 0) is 30.8 Å². The Bertz CT molecular complexity index is 1200. The molecule has 0 radical (unpaired) electrons. The summed E-state index contributed by atoms with van der Waals surface area (Å²) in [6.07, 6.45) is 5.31. The quantitative estimate of drug-likeness (QED) is 0.475. The van der Waals surface area contributed by atoms with E-state index < -0.39 is 17.0 Å². The van der Waals surface area contributed by atoms with Crippen molar-refractivity contribution in [3.8, 4) is 0 Å². The molecule has 2 aliphatic rings. The van der Waals surface area contributed by atoms with Gasteiger partial charge in [-0.15, -0.1) is 0 Å². The molecule has 0 bridgehead atoms. The first-order valence-electron chi connectivity index (χ1n) is 8.78. The Morgan fingerprint density at radius 1 is 1.43 bits per heavy atom. The summed E-state index contributed by atoms with van der Waals surface area (Å²) in [6.45, 7) is 0.382. The smallest absolute Gasteiger partial charge is 0.237 e. The fourth-order valence-electron chi connectivity index (χ4n) is 4.58. The fraction of sp³-hybridized carbons (Fsp3) is 0.316. The normalized spacial score (nSPS) is 22.2. The molecule has 144 valence electrons. The average Bonchev–Trinajstić information content (AvgIpc) is 3.02. The van der Waals surface area contributed by atoms with E-state index in [0.717, 1.165) is 11.4 Å². The molecule has 1 saturated carbocycles. The predicted molar refractivity (Wildman–Crippen MR) is 101 cm³/mol. The molecule has 1 aromatic carbocycles. The van der Waals surface area contributed by atoms with Crippen LogP contribution in [0.3, 0.4) is 0 Å². The molecule has 0 saturated heterocycles. The predicted octanol–water partition coefficient (Wildman–Crippen LogP) is 4.01. The van der Waals surface area contributed by atoms with Crippen LogP contribution in [-0.2, 0) is 25.4 Å². The van der Waals surface area contributed by atoms with Gasteiger partial charge >= 0.3 is 0 Å². The van der Waals surface area contributed by atoms with Gasteiger partial charge < -0.3 is 9.13 Å². The Balaban J connectivity index is 1.58. The molecule has 2 atom stereocenters. The summed E-state index contributed by atoms with van der Waals surface area (Å²) >= 11 is 11.5. The summed E-state index contributed by atoms with van der Waals surface area (Å²) in [7, 11) is 1.81. The lowest BCUT2D eigenvalue weighted by atomic mass is 9.92. The van der Waals surface area contributed by atoms with Crippen LogP contribution in [0.5, 0.6) is 0 Å². The molecule has 28 heavy (non-hydrogen) atoms. The molecule has 1 aliphatic heterocycles. The monoisotopic (exact) mass is 420 g/mol. The summed E-state index contributed by atoms with van der Waals surface area (Å²) in [6, 6.07) is 2.43. The highest BCUT2D eigenvalue weighted by Gasteiger charge is 2.64. The number of hydrogen-bond acceptors (Lipinski definition) is 3. The van der Waals surface area contributed by atoms with Crippen LogP contribution in [0.1, 0.15) is 34.1 Å². The van der Waals surface area contributed by atoms with Crippen molar-refractivity contribution in [3.63, 3.8) is 0 Å². The van der Waals surface area contributed by atoms with Gasteiger partial charge in [0.1, 0.15) is 18.0 Å². The number of fused-ring (bicyclic) bond motifs is 3. The first-order chi connectivity index (χ1) is 13.3. The van der Waals surface area contributed by atoms with Gasteiger partial charge in [-0.1, -0.05) is 11.6 Å². The zero-order chi connectivity index (χ0) is 19.8. The van der Waals surface area contributed by atoms with Crippen LogP contribution in [0.15, 0.2) is 30.9 Å². The van der Waals surface area contributed by atoms with Gasteiger partial charge in [0.25, 0.3) is 0 Å². The summed E-state index contributed by atoms with van der Waals surface area (Å²) in [5.41, 5.74) is 0.997. The van der Waals surface area contributed by atoms with Crippen molar-refractivity contribution in [1.82, 2.24) is 18.7 Å². The van der Waals surface area contributed by atoms with Gasteiger partial charge in [-0.3, -0.25) is 9.36 Å². The number of carbonyl (C=O) groups is 1. The third kappa shape index (κ3) is 2.24. The molecule has 3 aromatic rings. The maximum Gasteiger partial charge on any atom is 0.237 e. The number of imidazole rings is 2. The lowest BCUT2D eigenvalue weighted by Gasteiger charge is -2.16. The first kappa shape index (κ1) is 17.8. The number of carbonyl (C=O) groups excluding carboxylic acids is 1. The van der Waals surface area contributed by atoms with Crippen LogP contribution >= 0.6 is 23.8 Å². The van der Waals surface area contributed by atoms with Crippen molar-refractivity contribution in [1.29, 1.82) is 0 Å². The van der Waals surface area contributed by atoms with Crippen molar-refractivity contribution >= 4 is 29.7 Å². The van der Waals surface area contributed by atoms with Crippen LogP contribution in [0.25, 0.3) is 0 Å². The van der Waals surface area contributed by atoms with Crippen molar-refractivity contribution < 1.29 is 13.6 Å². The SMILES string of the molecule is Cn1c(CC(=O)n2ccnc2)c2n(c1=S)C[C@@]1(c3c(F)ccc(Cl)c3F)C[C@@H]21. The number of nitrogens with zero attached hydrogens (tertiary/aromatic N) is 4. The highest BCUT2D eigenvalue weighted by Crippen LogP contribution is 2.67. The van der Waals surface area contributed by atoms with E-state index in [1.807, 2.05) is 16.2 Å². The van der Waals surface area contributed by atoms with E-state index in [0.29, 0.717) is 17.7 Å². The van der Waals surface area contributed by atoms with E-state index in [-0.39, 0.29) is 28.8 Å². The minimum atomic E-state index is -0.707. The Morgan fingerprint density at radius 3 is 2.93 bits per heavy atom. The zero-order valence-electron chi connectivity index (χ0n) is 14.8. The van der Waals surface area contributed by atoms with E-state index >= 15 is 0 Å². The van der Waals surface area contributed by atoms with Crippen LogP contribution in [0.4, 0.5) is 8.78 Å². The van der Waals surface area contributed by atoms with Crippen LogP contribution in [0.2, 0.25) is 5.02 Å². The number of hydrogen-bond donors (Lipinski definition) is 0. The lowest BCUT2D eigenvalue weighted by Crippen LogP contribution is -2.17. The standard InChI is InChI=1S/C19H15ClF2N4OS/c1-24-13(6-14(27)25-5-4-23-9-25)17-10-7-19(10,8-26(17)18(24)28)15-12(21)3-2-11(20)16(15)22/h2-5,9-10H,6-8H2,1H3/t10-,19-/m0/s1. The number of halogens is 3. The van der Waals surface area contributed by atoms with Crippen molar-refractivity contribution in [2.24, 2.45) is 7.05 Å². The second-order valence-corrected chi connectivity index (χ2v) is 8.20. The Kier molecular flexibility index (Phi) is 3.70. The van der Waals surface area contributed by atoms with Crippen LogP contribution in [0, 0.1) is 16.4 Å². The fourth-order valence-corrected chi connectivity index (χ4v) is 5.01. The third-order valence-electron chi connectivity index (χ3n) is 6.01. The summed E-state index contributed by atoms with van der Waals surface area (Å²) in [5.74, 6) is -1.54. The maximum absolute atomic E-state index is 14.7. The van der Waals surface area contributed by atoms with E-state index in [1.165, 1.54) is 29.2 Å². The largest absolute Gasteiger partial charge is 0.323 e. The number of aromatic nitrogens is 4.